The quantitative estimate of drug-likeness (QED) is 0.448. The van der Waals surface area contributed by atoms with Gasteiger partial charge in [0, 0.05) is 31.2 Å². The van der Waals surface area contributed by atoms with Gasteiger partial charge in [0.05, 0.1) is 17.2 Å². The van der Waals surface area contributed by atoms with Crippen LogP contribution in [0.25, 0.3) is 12.2 Å². The lowest BCUT2D eigenvalue weighted by Gasteiger charge is -2.11. The normalized spacial score (nSPS) is 11.2. The minimum absolute atomic E-state index is 0.426. The van der Waals surface area contributed by atoms with E-state index in [1.54, 1.807) is 24.5 Å². The third-order valence-electron chi connectivity index (χ3n) is 5.00. The van der Waals surface area contributed by atoms with Gasteiger partial charge in [0.15, 0.2) is 0 Å². The summed E-state index contributed by atoms with van der Waals surface area (Å²) >= 11 is 0. The molecule has 0 saturated carbocycles. The van der Waals surface area contributed by atoms with E-state index in [-0.39, 0.29) is 0 Å². The summed E-state index contributed by atoms with van der Waals surface area (Å²) in [6.07, 6.45) is 9.89. The van der Waals surface area contributed by atoms with Crippen molar-refractivity contribution >= 4 is 18.1 Å². The van der Waals surface area contributed by atoms with Gasteiger partial charge >= 0.3 is 0 Å². The van der Waals surface area contributed by atoms with E-state index in [4.69, 9.17) is 11.0 Å². The Morgan fingerprint density at radius 2 is 1.59 bits per heavy atom. The second-order valence-corrected chi connectivity index (χ2v) is 7.35. The maximum Gasteiger partial charge on any atom is 0.250 e. The van der Waals surface area contributed by atoms with Gasteiger partial charge in [0.25, 0.3) is 5.91 Å². The molecule has 2 heterocycles. The molecule has 0 saturated heterocycles. The van der Waals surface area contributed by atoms with Crippen molar-refractivity contribution in [2.75, 3.05) is 0 Å². The molecule has 0 radical (unpaired) electrons. The Bertz CT molecular complexity index is 1280. The van der Waals surface area contributed by atoms with E-state index in [0.717, 1.165) is 22.3 Å². The number of nitriles is 1. The van der Waals surface area contributed by atoms with Gasteiger partial charge in [-0.15, -0.1) is 0 Å². The molecule has 2 aromatic heterocycles. The van der Waals surface area contributed by atoms with Gasteiger partial charge < -0.3 is 10.8 Å². The summed E-state index contributed by atoms with van der Waals surface area (Å²) < 4.78 is 0. The van der Waals surface area contributed by atoms with Gasteiger partial charge in [-0.3, -0.25) is 14.8 Å². The predicted molar refractivity (Wildman–Crippen MR) is 132 cm³/mol. The number of carbonyl (C=O) groups excluding carboxylic acids is 1. The number of aliphatic hydroxyl groups is 1. The third kappa shape index (κ3) is 6.95. The number of nitrogens with zero attached hydrogens (tertiary/aromatic N) is 3. The number of rotatable bonds is 6. The van der Waals surface area contributed by atoms with Gasteiger partial charge in [-0.1, -0.05) is 72.8 Å². The second-order valence-electron chi connectivity index (χ2n) is 7.35. The number of aliphatic hydroxyl groups excluding tert-OH is 1. The Hall–Kier alpha value is -4.60. The highest BCUT2D eigenvalue weighted by Gasteiger charge is 2.10. The molecule has 4 rings (SSSR count). The van der Waals surface area contributed by atoms with Crippen LogP contribution in [0.5, 0.6) is 0 Å². The maximum atomic E-state index is 11.2. The minimum Gasteiger partial charge on any atom is -0.388 e. The number of amides is 1. The smallest absolute Gasteiger partial charge is 0.250 e. The van der Waals surface area contributed by atoms with E-state index >= 15 is 0 Å². The lowest BCUT2D eigenvalue weighted by Crippen LogP contribution is -2.12. The summed E-state index contributed by atoms with van der Waals surface area (Å²) in [5, 5.41) is 19.0. The number of carbonyl (C=O) groups is 1. The van der Waals surface area contributed by atoms with E-state index in [1.807, 2.05) is 72.8 Å². The molecule has 6 nitrogen and oxygen atoms in total. The molecule has 0 spiro atoms. The van der Waals surface area contributed by atoms with Crippen LogP contribution in [0.15, 0.2) is 97.6 Å². The highest BCUT2D eigenvalue weighted by Crippen LogP contribution is 2.19. The average Bonchev–Trinajstić information content (AvgIpc) is 2.89. The van der Waals surface area contributed by atoms with E-state index in [9.17, 15) is 9.90 Å². The first-order valence-corrected chi connectivity index (χ1v) is 10.6. The molecule has 168 valence electrons. The molecule has 4 aromatic rings. The highest BCUT2D eigenvalue weighted by molar-refractivity contribution is 5.97. The van der Waals surface area contributed by atoms with Crippen molar-refractivity contribution in [3.63, 3.8) is 0 Å². The summed E-state index contributed by atoms with van der Waals surface area (Å²) in [5.41, 5.74) is 9.73. The molecular weight excluding hydrogens is 424 g/mol. The summed E-state index contributed by atoms with van der Waals surface area (Å²) in [7, 11) is 0. The Kier molecular flexibility index (Phi) is 8.80. The van der Waals surface area contributed by atoms with Gasteiger partial charge in [0.2, 0.25) is 0 Å². The Labute approximate surface area is 198 Å². The van der Waals surface area contributed by atoms with Crippen LogP contribution in [0.1, 0.15) is 44.3 Å². The molecule has 0 aliphatic rings. The van der Waals surface area contributed by atoms with Crippen LogP contribution in [-0.4, -0.2) is 21.0 Å². The summed E-state index contributed by atoms with van der Waals surface area (Å²) in [6, 6.07) is 24.9. The lowest BCUT2D eigenvalue weighted by molar-refractivity contribution is 0.0999. The van der Waals surface area contributed by atoms with E-state index in [0.29, 0.717) is 17.5 Å². The third-order valence-corrected chi connectivity index (χ3v) is 5.00. The number of pyridine rings is 2. The lowest BCUT2D eigenvalue weighted by atomic mass is 9.99. The Morgan fingerprint density at radius 3 is 2.26 bits per heavy atom. The highest BCUT2D eigenvalue weighted by atomic mass is 16.3. The maximum absolute atomic E-state index is 11.2. The Balaban J connectivity index is 0.000000191. The van der Waals surface area contributed by atoms with Crippen molar-refractivity contribution < 1.29 is 9.90 Å². The van der Waals surface area contributed by atoms with Crippen LogP contribution in [0.2, 0.25) is 0 Å². The van der Waals surface area contributed by atoms with Crippen molar-refractivity contribution in [1.29, 1.82) is 5.26 Å². The predicted octanol–water partition coefficient (Wildman–Crippen LogP) is 4.58. The zero-order valence-corrected chi connectivity index (χ0v) is 18.5. The first-order chi connectivity index (χ1) is 16.6. The molecule has 0 aliphatic heterocycles. The fourth-order valence-corrected chi connectivity index (χ4v) is 3.21. The first-order valence-electron chi connectivity index (χ1n) is 10.6. The summed E-state index contributed by atoms with van der Waals surface area (Å²) in [4.78, 5) is 19.0. The fraction of sp³-hybridized carbons (Fsp3) is 0.0714. The topological polar surface area (TPSA) is 113 Å². The van der Waals surface area contributed by atoms with Crippen LogP contribution in [0.3, 0.4) is 0 Å². The molecule has 0 fully saturated rings. The average molecular weight is 449 g/mol. The molecule has 3 N–H and O–H groups in total. The van der Waals surface area contributed by atoms with Gasteiger partial charge in [-0.25, -0.2) is 0 Å². The van der Waals surface area contributed by atoms with Crippen LogP contribution in [-0.2, 0) is 6.42 Å². The fourth-order valence-electron chi connectivity index (χ4n) is 3.21. The number of nitrogens with two attached hydrogens (primary N) is 1. The van der Waals surface area contributed by atoms with Gasteiger partial charge in [-0.2, -0.15) is 5.26 Å². The van der Waals surface area contributed by atoms with Crippen molar-refractivity contribution in [1.82, 2.24) is 9.97 Å². The molecule has 2 aromatic carbocycles. The molecule has 6 heteroatoms. The molecule has 1 atom stereocenters. The largest absolute Gasteiger partial charge is 0.388 e. The van der Waals surface area contributed by atoms with Crippen molar-refractivity contribution in [3.05, 3.63) is 131 Å². The standard InChI is InChI=1S/2C14H12N2O/c15-9-13-10-16-7-6-12(13)8-14(17)11-4-2-1-3-5-11;15-14(17)13-10-16-9-8-12(13)7-6-11-4-2-1-3-5-11/h1-7,10,14,17H,8H2;1-10H,(H2,15,17)/b;7-6+. The number of aromatic nitrogens is 2. The number of hydrogen-bond donors (Lipinski definition) is 2. The molecule has 34 heavy (non-hydrogen) atoms. The van der Waals surface area contributed by atoms with Crippen molar-refractivity contribution in [3.8, 4) is 6.07 Å². The van der Waals surface area contributed by atoms with Gasteiger partial charge in [0.1, 0.15) is 6.07 Å². The number of primary amides is 1. The van der Waals surface area contributed by atoms with Crippen LogP contribution in [0, 0.1) is 11.3 Å². The van der Waals surface area contributed by atoms with Gasteiger partial charge in [-0.05, 0) is 34.4 Å². The van der Waals surface area contributed by atoms with Crippen LogP contribution in [0.4, 0.5) is 0 Å². The number of hydrogen-bond acceptors (Lipinski definition) is 5. The zero-order chi connectivity index (χ0) is 24.2. The first kappa shape index (κ1) is 24.1. The van der Waals surface area contributed by atoms with E-state index in [2.05, 4.69) is 16.0 Å². The summed E-state index contributed by atoms with van der Waals surface area (Å²) in [6.45, 7) is 0. The molecule has 1 unspecified atom stereocenters. The molecule has 0 aliphatic carbocycles. The summed E-state index contributed by atoms with van der Waals surface area (Å²) in [5.74, 6) is -0.467. The molecule has 1 amide bonds. The minimum atomic E-state index is -0.592. The Morgan fingerprint density at radius 1 is 0.941 bits per heavy atom. The van der Waals surface area contributed by atoms with Crippen molar-refractivity contribution in [2.24, 2.45) is 5.73 Å². The van der Waals surface area contributed by atoms with Crippen molar-refractivity contribution in [2.45, 2.75) is 12.5 Å². The van der Waals surface area contributed by atoms with E-state index < -0.39 is 12.0 Å². The van der Waals surface area contributed by atoms with Crippen LogP contribution < -0.4 is 5.73 Å². The second kappa shape index (κ2) is 12.4. The number of benzene rings is 2. The SMILES string of the molecule is N#Cc1cnccc1CC(O)c1ccccc1.NC(=O)c1cnccc1/C=C/c1ccccc1. The monoisotopic (exact) mass is 448 g/mol. The van der Waals surface area contributed by atoms with E-state index in [1.165, 1.54) is 12.4 Å². The molecule has 0 bridgehead atoms. The van der Waals surface area contributed by atoms with Crippen LogP contribution >= 0.6 is 0 Å². The molecular formula is C28H24N4O2. The zero-order valence-electron chi connectivity index (χ0n) is 18.5.